The highest BCUT2D eigenvalue weighted by Gasteiger charge is 2.46. The minimum absolute atomic E-state index is 0.135. The maximum absolute atomic E-state index is 12.4. The van der Waals surface area contributed by atoms with Crippen LogP contribution in [0.4, 0.5) is 5.69 Å². The van der Waals surface area contributed by atoms with E-state index in [0.29, 0.717) is 24.9 Å². The number of nitrogens with two attached hydrogens (primary N) is 1. The van der Waals surface area contributed by atoms with Gasteiger partial charge in [-0.15, -0.1) is 0 Å². The van der Waals surface area contributed by atoms with E-state index in [1.165, 1.54) is 11.0 Å². The molecular weight excluding hydrogens is 334 g/mol. The van der Waals surface area contributed by atoms with Gasteiger partial charge in [-0.25, -0.2) is 0 Å². The lowest BCUT2D eigenvalue weighted by atomic mass is 9.85. The van der Waals surface area contributed by atoms with Crippen LogP contribution < -0.4 is 11.1 Å². The van der Waals surface area contributed by atoms with E-state index in [1.807, 2.05) is 12.2 Å². The highest BCUT2D eigenvalue weighted by molar-refractivity contribution is 6.05. The van der Waals surface area contributed by atoms with Crippen LogP contribution in [0.15, 0.2) is 36.4 Å². The SMILES string of the molecule is NC(=O)c1ccccc1NC(=O)CCCN1C(=O)[C@@H]2CC=CC[C@H]2C1=O. The van der Waals surface area contributed by atoms with Crippen molar-refractivity contribution in [1.29, 1.82) is 0 Å². The van der Waals surface area contributed by atoms with E-state index in [4.69, 9.17) is 5.73 Å². The van der Waals surface area contributed by atoms with Gasteiger partial charge in [-0.2, -0.15) is 0 Å². The average molecular weight is 355 g/mol. The van der Waals surface area contributed by atoms with Crippen molar-refractivity contribution in [2.24, 2.45) is 17.6 Å². The van der Waals surface area contributed by atoms with Gasteiger partial charge in [0.2, 0.25) is 17.7 Å². The van der Waals surface area contributed by atoms with Crippen LogP contribution in [-0.4, -0.2) is 35.1 Å². The fourth-order valence-corrected chi connectivity index (χ4v) is 3.51. The molecule has 4 amide bonds. The van der Waals surface area contributed by atoms with Crippen molar-refractivity contribution in [1.82, 2.24) is 4.90 Å². The van der Waals surface area contributed by atoms with E-state index in [0.717, 1.165) is 0 Å². The molecule has 3 N–H and O–H groups in total. The normalized spacial score (nSPS) is 21.6. The first-order valence-electron chi connectivity index (χ1n) is 8.68. The van der Waals surface area contributed by atoms with Gasteiger partial charge in [0, 0.05) is 13.0 Å². The van der Waals surface area contributed by atoms with Crippen molar-refractivity contribution in [3.05, 3.63) is 42.0 Å². The minimum atomic E-state index is -0.620. The molecule has 0 bridgehead atoms. The molecule has 1 fully saturated rings. The number of hydrogen-bond acceptors (Lipinski definition) is 4. The number of primary amides is 1. The Morgan fingerprint density at radius 2 is 1.69 bits per heavy atom. The van der Waals surface area contributed by atoms with Gasteiger partial charge in [-0.3, -0.25) is 24.1 Å². The zero-order valence-electron chi connectivity index (χ0n) is 14.3. The molecule has 0 radical (unpaired) electrons. The Kier molecular flexibility index (Phi) is 5.16. The van der Waals surface area contributed by atoms with Crippen LogP contribution in [0.1, 0.15) is 36.0 Å². The monoisotopic (exact) mass is 355 g/mol. The second-order valence-electron chi connectivity index (χ2n) is 6.55. The van der Waals surface area contributed by atoms with Crippen LogP contribution in [-0.2, 0) is 14.4 Å². The molecular formula is C19H21N3O4. The standard InChI is InChI=1S/C19H21N3O4/c20-17(24)14-8-3-4-9-15(14)21-16(23)10-5-11-22-18(25)12-6-1-2-7-13(12)19(22)26/h1-4,8-9,12-13H,5-7,10-11H2,(H2,20,24)(H,21,23)/t12-,13-/m1/s1. The van der Waals surface area contributed by atoms with Crippen molar-refractivity contribution in [2.75, 3.05) is 11.9 Å². The van der Waals surface area contributed by atoms with Gasteiger partial charge in [-0.05, 0) is 31.4 Å². The molecule has 0 saturated carbocycles. The third kappa shape index (κ3) is 3.51. The number of rotatable bonds is 6. The number of nitrogens with one attached hydrogen (secondary N) is 1. The molecule has 1 aromatic carbocycles. The molecule has 0 unspecified atom stereocenters. The van der Waals surface area contributed by atoms with E-state index >= 15 is 0 Å². The maximum atomic E-state index is 12.4. The fraction of sp³-hybridized carbons (Fsp3) is 0.368. The first kappa shape index (κ1) is 17.8. The number of imide groups is 1. The topological polar surface area (TPSA) is 110 Å². The molecule has 2 aliphatic rings. The van der Waals surface area contributed by atoms with Crippen LogP contribution in [0.25, 0.3) is 0 Å². The molecule has 26 heavy (non-hydrogen) atoms. The molecule has 7 nitrogen and oxygen atoms in total. The summed E-state index contributed by atoms with van der Waals surface area (Å²) >= 11 is 0. The highest BCUT2D eigenvalue weighted by Crippen LogP contribution is 2.35. The molecule has 1 aliphatic heterocycles. The zero-order valence-corrected chi connectivity index (χ0v) is 14.3. The van der Waals surface area contributed by atoms with Crippen LogP contribution in [0, 0.1) is 11.8 Å². The first-order valence-corrected chi connectivity index (χ1v) is 8.68. The predicted molar refractivity (Wildman–Crippen MR) is 94.9 cm³/mol. The summed E-state index contributed by atoms with van der Waals surface area (Å²) in [6, 6.07) is 6.49. The van der Waals surface area contributed by atoms with Gasteiger partial charge >= 0.3 is 0 Å². The highest BCUT2D eigenvalue weighted by atomic mass is 16.2. The lowest BCUT2D eigenvalue weighted by Crippen LogP contribution is -2.32. The fourth-order valence-electron chi connectivity index (χ4n) is 3.51. The Morgan fingerprint density at radius 3 is 2.31 bits per heavy atom. The third-order valence-electron chi connectivity index (χ3n) is 4.85. The molecule has 7 heteroatoms. The number of nitrogens with zero attached hydrogens (tertiary/aromatic N) is 1. The average Bonchev–Trinajstić information content (AvgIpc) is 2.87. The Morgan fingerprint density at radius 1 is 1.08 bits per heavy atom. The van der Waals surface area contributed by atoms with Crippen molar-refractivity contribution >= 4 is 29.3 Å². The Bertz CT molecular complexity index is 761. The molecule has 136 valence electrons. The minimum Gasteiger partial charge on any atom is -0.366 e. The number of benzene rings is 1. The maximum Gasteiger partial charge on any atom is 0.250 e. The van der Waals surface area contributed by atoms with E-state index in [9.17, 15) is 19.2 Å². The summed E-state index contributed by atoms with van der Waals surface area (Å²) in [4.78, 5) is 49.5. The zero-order chi connectivity index (χ0) is 18.7. The summed E-state index contributed by atoms with van der Waals surface area (Å²) < 4.78 is 0. The number of fused-ring (bicyclic) bond motifs is 1. The Labute approximate surface area is 151 Å². The summed E-state index contributed by atoms with van der Waals surface area (Å²) in [5, 5.41) is 2.65. The lowest BCUT2D eigenvalue weighted by Gasteiger charge is -2.14. The number of hydrogen-bond donors (Lipinski definition) is 2. The molecule has 1 heterocycles. The van der Waals surface area contributed by atoms with Crippen molar-refractivity contribution in [3.63, 3.8) is 0 Å². The van der Waals surface area contributed by atoms with Gasteiger partial charge in [-0.1, -0.05) is 24.3 Å². The quantitative estimate of drug-likeness (QED) is 0.594. The van der Waals surface area contributed by atoms with Crippen molar-refractivity contribution in [3.8, 4) is 0 Å². The van der Waals surface area contributed by atoms with Crippen LogP contribution in [0.2, 0.25) is 0 Å². The summed E-state index contributed by atoms with van der Waals surface area (Å²) in [5.74, 6) is -1.68. The van der Waals surface area contributed by atoms with E-state index in [2.05, 4.69) is 5.32 Å². The van der Waals surface area contributed by atoms with E-state index in [-0.39, 0.29) is 48.1 Å². The lowest BCUT2D eigenvalue weighted by molar-refractivity contribution is -0.140. The molecule has 0 aromatic heterocycles. The predicted octanol–water partition coefficient (Wildman–Crippen LogP) is 1.46. The molecule has 3 rings (SSSR count). The van der Waals surface area contributed by atoms with E-state index < -0.39 is 5.91 Å². The number of anilines is 1. The Balaban J connectivity index is 1.52. The number of carbonyl (C=O) groups excluding carboxylic acids is 4. The summed E-state index contributed by atoms with van der Waals surface area (Å²) in [6.45, 7) is 0.232. The van der Waals surface area contributed by atoms with Gasteiger partial charge in [0.05, 0.1) is 23.1 Å². The van der Waals surface area contributed by atoms with Gasteiger partial charge in [0.1, 0.15) is 0 Å². The van der Waals surface area contributed by atoms with Crippen molar-refractivity contribution in [2.45, 2.75) is 25.7 Å². The summed E-state index contributed by atoms with van der Waals surface area (Å²) in [7, 11) is 0. The number of amides is 4. The Hall–Kier alpha value is -2.96. The van der Waals surface area contributed by atoms with E-state index in [1.54, 1.807) is 18.2 Å². The molecule has 1 saturated heterocycles. The van der Waals surface area contributed by atoms with Crippen molar-refractivity contribution < 1.29 is 19.2 Å². The van der Waals surface area contributed by atoms with Gasteiger partial charge in [0.15, 0.2) is 0 Å². The van der Waals surface area contributed by atoms with Gasteiger partial charge in [0.25, 0.3) is 5.91 Å². The number of likely N-dealkylation sites (tertiary alicyclic amines) is 1. The number of para-hydroxylation sites is 1. The van der Waals surface area contributed by atoms with Crippen LogP contribution in [0.5, 0.6) is 0 Å². The smallest absolute Gasteiger partial charge is 0.250 e. The largest absolute Gasteiger partial charge is 0.366 e. The second kappa shape index (κ2) is 7.51. The van der Waals surface area contributed by atoms with Crippen LogP contribution >= 0.6 is 0 Å². The molecule has 1 aromatic rings. The first-order chi connectivity index (χ1) is 12.5. The summed E-state index contributed by atoms with van der Waals surface area (Å²) in [5.41, 5.74) is 5.88. The summed E-state index contributed by atoms with van der Waals surface area (Å²) in [6.07, 6.45) is 5.61. The second-order valence-corrected chi connectivity index (χ2v) is 6.55. The van der Waals surface area contributed by atoms with Crippen LogP contribution in [0.3, 0.4) is 0 Å². The number of allylic oxidation sites excluding steroid dienone is 2. The van der Waals surface area contributed by atoms with Gasteiger partial charge < -0.3 is 11.1 Å². The molecule has 2 atom stereocenters. The molecule has 0 spiro atoms. The third-order valence-corrected chi connectivity index (χ3v) is 4.85. The molecule has 1 aliphatic carbocycles. The number of carbonyl (C=O) groups is 4.